The van der Waals surface area contributed by atoms with Gasteiger partial charge in [-0.3, -0.25) is 10.3 Å². The maximum atomic E-state index is 4.42. The summed E-state index contributed by atoms with van der Waals surface area (Å²) in [4.78, 5) is 9.77. The van der Waals surface area contributed by atoms with Crippen LogP contribution < -0.4 is 5.32 Å². The Kier molecular flexibility index (Phi) is 4.38. The Morgan fingerprint density at radius 2 is 1.76 bits per heavy atom. The first-order valence-electron chi connectivity index (χ1n) is 6.92. The lowest BCUT2D eigenvalue weighted by atomic mass is 10.00. The highest BCUT2D eigenvalue weighted by molar-refractivity contribution is 7.11. The summed E-state index contributed by atoms with van der Waals surface area (Å²) in [6, 6.07) is 14.7. The fraction of sp³-hybridized carbons (Fsp3) is 0.176. The number of nitrogens with one attached hydrogen (secondary N) is 1. The van der Waals surface area contributed by atoms with Crippen LogP contribution in [0.15, 0.2) is 61.1 Å². The molecular formula is C17H17N3S. The van der Waals surface area contributed by atoms with Crippen LogP contribution in [-0.4, -0.2) is 9.97 Å². The minimum absolute atomic E-state index is 0.151. The van der Waals surface area contributed by atoms with Crippen LogP contribution in [-0.2, 0) is 6.54 Å². The summed E-state index contributed by atoms with van der Waals surface area (Å²) in [5.41, 5.74) is 2.46. The molecular weight excluding hydrogens is 278 g/mol. The molecule has 3 aromatic rings. The van der Waals surface area contributed by atoms with Gasteiger partial charge >= 0.3 is 0 Å². The summed E-state index contributed by atoms with van der Waals surface area (Å²) >= 11 is 1.73. The number of benzene rings is 1. The molecule has 0 aliphatic heterocycles. The van der Waals surface area contributed by atoms with E-state index in [0.717, 1.165) is 11.6 Å². The van der Waals surface area contributed by atoms with Crippen LogP contribution >= 0.6 is 11.3 Å². The molecule has 21 heavy (non-hydrogen) atoms. The van der Waals surface area contributed by atoms with Gasteiger partial charge in [0.1, 0.15) is 5.01 Å². The fourth-order valence-corrected chi connectivity index (χ4v) is 3.04. The van der Waals surface area contributed by atoms with Gasteiger partial charge in [-0.1, -0.05) is 30.3 Å². The summed E-state index contributed by atoms with van der Waals surface area (Å²) in [6.45, 7) is 2.85. The first kappa shape index (κ1) is 13.9. The summed E-state index contributed by atoms with van der Waals surface area (Å²) in [5.74, 6) is 0. The van der Waals surface area contributed by atoms with Crippen molar-refractivity contribution in [3.05, 3.63) is 82.1 Å². The van der Waals surface area contributed by atoms with Gasteiger partial charge in [-0.25, -0.2) is 4.98 Å². The minimum atomic E-state index is 0.151. The molecule has 4 heteroatoms. The molecule has 1 aromatic carbocycles. The average Bonchev–Trinajstić information content (AvgIpc) is 2.95. The molecule has 0 aliphatic carbocycles. The van der Waals surface area contributed by atoms with Crippen molar-refractivity contribution in [1.82, 2.24) is 15.3 Å². The van der Waals surface area contributed by atoms with E-state index in [0.29, 0.717) is 0 Å². The van der Waals surface area contributed by atoms with Gasteiger partial charge in [0, 0.05) is 30.0 Å². The van der Waals surface area contributed by atoms with E-state index < -0.39 is 0 Å². The smallest absolute Gasteiger partial charge is 0.107 e. The highest BCUT2D eigenvalue weighted by atomic mass is 32.1. The molecule has 0 amide bonds. The van der Waals surface area contributed by atoms with Crippen LogP contribution in [0.4, 0.5) is 0 Å². The van der Waals surface area contributed by atoms with Crippen LogP contribution in [0.3, 0.4) is 0 Å². The highest BCUT2D eigenvalue weighted by Gasteiger charge is 2.13. The third-order valence-corrected chi connectivity index (χ3v) is 4.21. The lowest BCUT2D eigenvalue weighted by Crippen LogP contribution is -2.22. The number of aryl methyl sites for hydroxylation is 1. The van der Waals surface area contributed by atoms with E-state index in [-0.39, 0.29) is 6.04 Å². The van der Waals surface area contributed by atoms with Gasteiger partial charge < -0.3 is 0 Å². The highest BCUT2D eigenvalue weighted by Crippen LogP contribution is 2.22. The standard InChI is InChI=1S/C17H17N3S/c1-13-11-19-16(21-13)12-20-17(14-5-3-2-4-6-14)15-7-9-18-10-8-15/h2-11,17,20H,12H2,1H3. The summed E-state index contributed by atoms with van der Waals surface area (Å²) in [5, 5.41) is 4.72. The minimum Gasteiger partial charge on any atom is -0.300 e. The van der Waals surface area contributed by atoms with Gasteiger partial charge in [0.15, 0.2) is 0 Å². The molecule has 0 bridgehead atoms. The van der Waals surface area contributed by atoms with E-state index >= 15 is 0 Å². The van der Waals surface area contributed by atoms with Gasteiger partial charge in [0.2, 0.25) is 0 Å². The monoisotopic (exact) mass is 295 g/mol. The zero-order valence-electron chi connectivity index (χ0n) is 11.9. The van der Waals surface area contributed by atoms with E-state index in [1.165, 1.54) is 16.0 Å². The molecule has 3 nitrogen and oxygen atoms in total. The van der Waals surface area contributed by atoms with Crippen molar-refractivity contribution in [1.29, 1.82) is 0 Å². The zero-order valence-corrected chi connectivity index (χ0v) is 12.7. The third kappa shape index (κ3) is 3.54. The average molecular weight is 295 g/mol. The lowest BCUT2D eigenvalue weighted by molar-refractivity contribution is 0.603. The van der Waals surface area contributed by atoms with Crippen molar-refractivity contribution in [3.63, 3.8) is 0 Å². The third-order valence-electron chi connectivity index (χ3n) is 3.30. The van der Waals surface area contributed by atoms with Gasteiger partial charge in [-0.15, -0.1) is 11.3 Å². The maximum Gasteiger partial charge on any atom is 0.107 e. The van der Waals surface area contributed by atoms with Crippen LogP contribution in [0, 0.1) is 6.92 Å². The van der Waals surface area contributed by atoms with Crippen molar-refractivity contribution in [2.45, 2.75) is 19.5 Å². The van der Waals surface area contributed by atoms with Gasteiger partial charge in [-0.05, 0) is 30.2 Å². The van der Waals surface area contributed by atoms with E-state index in [4.69, 9.17) is 0 Å². The second-order valence-corrected chi connectivity index (χ2v) is 6.19. The van der Waals surface area contributed by atoms with Crippen molar-refractivity contribution in [2.75, 3.05) is 0 Å². The van der Waals surface area contributed by atoms with E-state index in [9.17, 15) is 0 Å². The largest absolute Gasteiger partial charge is 0.300 e. The lowest BCUT2D eigenvalue weighted by Gasteiger charge is -2.19. The first-order valence-corrected chi connectivity index (χ1v) is 7.74. The van der Waals surface area contributed by atoms with Gasteiger partial charge in [0.25, 0.3) is 0 Å². The Morgan fingerprint density at radius 3 is 2.43 bits per heavy atom. The number of nitrogens with zero attached hydrogens (tertiary/aromatic N) is 2. The van der Waals surface area contributed by atoms with Crippen molar-refractivity contribution in [2.24, 2.45) is 0 Å². The fourth-order valence-electron chi connectivity index (χ4n) is 2.30. The Balaban J connectivity index is 1.83. The molecule has 0 spiro atoms. The van der Waals surface area contributed by atoms with Crippen molar-refractivity contribution >= 4 is 11.3 Å². The van der Waals surface area contributed by atoms with Gasteiger partial charge in [0.05, 0.1) is 6.04 Å². The Labute approximate surface area is 128 Å². The van der Waals surface area contributed by atoms with Gasteiger partial charge in [-0.2, -0.15) is 0 Å². The van der Waals surface area contributed by atoms with Crippen molar-refractivity contribution in [3.8, 4) is 0 Å². The van der Waals surface area contributed by atoms with Crippen LogP contribution in [0.5, 0.6) is 0 Å². The molecule has 106 valence electrons. The Hall–Kier alpha value is -2.04. The second-order valence-electron chi connectivity index (χ2n) is 4.87. The number of rotatable bonds is 5. The van der Waals surface area contributed by atoms with Crippen LogP contribution in [0.25, 0.3) is 0 Å². The predicted octanol–water partition coefficient (Wildman–Crippen LogP) is 3.73. The molecule has 2 heterocycles. The van der Waals surface area contributed by atoms with Crippen LogP contribution in [0.1, 0.15) is 27.1 Å². The Bertz CT molecular complexity index is 640. The number of pyridine rings is 1. The Morgan fingerprint density at radius 1 is 1.05 bits per heavy atom. The van der Waals surface area contributed by atoms with E-state index in [1.54, 1.807) is 11.3 Å². The molecule has 3 rings (SSSR count). The predicted molar refractivity (Wildman–Crippen MR) is 86.2 cm³/mol. The molecule has 0 saturated carbocycles. The second kappa shape index (κ2) is 6.61. The molecule has 0 saturated heterocycles. The topological polar surface area (TPSA) is 37.8 Å². The number of hydrogen-bond donors (Lipinski definition) is 1. The molecule has 0 aliphatic rings. The molecule has 0 fully saturated rings. The zero-order chi connectivity index (χ0) is 14.5. The first-order chi connectivity index (χ1) is 10.3. The van der Waals surface area contributed by atoms with E-state index in [1.807, 2.05) is 24.7 Å². The quantitative estimate of drug-likeness (QED) is 0.779. The maximum absolute atomic E-state index is 4.42. The molecule has 1 unspecified atom stereocenters. The molecule has 1 atom stereocenters. The summed E-state index contributed by atoms with van der Waals surface area (Å²) in [7, 11) is 0. The SMILES string of the molecule is Cc1cnc(CNC(c2ccccc2)c2ccncc2)s1. The normalized spacial score (nSPS) is 12.2. The molecule has 0 radical (unpaired) electrons. The van der Waals surface area contributed by atoms with Crippen LogP contribution in [0.2, 0.25) is 0 Å². The molecule has 2 aromatic heterocycles. The number of thiazole rings is 1. The van der Waals surface area contributed by atoms with Crippen molar-refractivity contribution < 1.29 is 0 Å². The summed E-state index contributed by atoms with van der Waals surface area (Å²) < 4.78 is 0. The van der Waals surface area contributed by atoms with E-state index in [2.05, 4.69) is 58.6 Å². The summed E-state index contributed by atoms with van der Waals surface area (Å²) in [6.07, 6.45) is 5.59. The molecule has 1 N–H and O–H groups in total. The number of hydrogen-bond acceptors (Lipinski definition) is 4. The number of aromatic nitrogens is 2.